The fourth-order valence-electron chi connectivity index (χ4n) is 3.92. The lowest BCUT2D eigenvalue weighted by Crippen LogP contribution is -2.14. The minimum atomic E-state index is -3.96. The van der Waals surface area contributed by atoms with E-state index in [2.05, 4.69) is 34.8 Å². The van der Waals surface area contributed by atoms with Gasteiger partial charge in [0.2, 0.25) is 0 Å². The zero-order chi connectivity index (χ0) is 24.3. The highest BCUT2D eigenvalue weighted by Gasteiger charge is 2.22. The summed E-state index contributed by atoms with van der Waals surface area (Å²) in [5.74, 6) is 0.249. The van der Waals surface area contributed by atoms with E-state index in [1.807, 2.05) is 12.1 Å². The lowest BCUT2D eigenvalue weighted by atomic mass is 9.88. The third-order valence-electron chi connectivity index (χ3n) is 5.72. The molecule has 0 radical (unpaired) electrons. The second-order valence-electron chi connectivity index (χ2n) is 8.14. The first kappa shape index (κ1) is 24.0. The summed E-state index contributed by atoms with van der Waals surface area (Å²) in [6, 6.07) is 12.4. The number of methoxy groups -OCH3 is 2. The molecule has 178 valence electrons. The molecule has 1 aromatic heterocycles. The van der Waals surface area contributed by atoms with Gasteiger partial charge < -0.3 is 9.47 Å². The van der Waals surface area contributed by atoms with Gasteiger partial charge in [0.1, 0.15) is 10.8 Å². The summed E-state index contributed by atoms with van der Waals surface area (Å²) in [5.41, 5.74) is 3.87. The van der Waals surface area contributed by atoms with Crippen LogP contribution >= 0.6 is 11.3 Å². The van der Waals surface area contributed by atoms with Gasteiger partial charge in [0.15, 0.2) is 5.03 Å². The van der Waals surface area contributed by atoms with Gasteiger partial charge in [-0.1, -0.05) is 37.3 Å². The van der Waals surface area contributed by atoms with E-state index in [0.717, 1.165) is 12.0 Å². The van der Waals surface area contributed by atoms with Crippen molar-refractivity contribution in [2.75, 3.05) is 18.9 Å². The molecule has 0 saturated heterocycles. The normalized spacial score (nSPS) is 16.0. The van der Waals surface area contributed by atoms with Gasteiger partial charge in [-0.15, -0.1) is 11.3 Å². The standard InChI is InChI=1S/C25H26N2O5S2/c1-16-5-4-6-19(13-16)17-7-9-18(10-8-17)24-26-23(15-33-24)34(29,30)27-21-12-11-20(25(28)32-3)14-22(21)31-2/h7-16,27H,4-6H2,1-3H3. The minimum Gasteiger partial charge on any atom is -0.495 e. The Labute approximate surface area is 203 Å². The molecule has 0 amide bonds. The monoisotopic (exact) mass is 498 g/mol. The van der Waals surface area contributed by atoms with Gasteiger partial charge in [-0.25, -0.2) is 9.78 Å². The molecule has 0 fully saturated rings. The number of allylic oxidation sites excluding steroid dienone is 2. The van der Waals surface area contributed by atoms with Crippen LogP contribution in [0.5, 0.6) is 5.75 Å². The van der Waals surface area contributed by atoms with E-state index in [1.165, 1.54) is 73.1 Å². The number of anilines is 1. The molecular formula is C25H26N2O5S2. The molecular weight excluding hydrogens is 472 g/mol. The fraction of sp³-hybridized carbons (Fsp3) is 0.280. The lowest BCUT2D eigenvalue weighted by Gasteiger charge is -2.18. The molecule has 3 aromatic rings. The van der Waals surface area contributed by atoms with Gasteiger partial charge in [0.25, 0.3) is 10.0 Å². The van der Waals surface area contributed by atoms with E-state index in [4.69, 9.17) is 9.47 Å². The van der Waals surface area contributed by atoms with Crippen molar-refractivity contribution >= 4 is 38.6 Å². The topological polar surface area (TPSA) is 94.6 Å². The highest BCUT2D eigenvalue weighted by Crippen LogP contribution is 2.33. The van der Waals surface area contributed by atoms with Crippen LogP contribution in [0.3, 0.4) is 0 Å². The van der Waals surface area contributed by atoms with E-state index in [0.29, 0.717) is 10.9 Å². The van der Waals surface area contributed by atoms with Crippen LogP contribution in [0.25, 0.3) is 16.1 Å². The molecule has 0 bridgehead atoms. The number of nitrogens with zero attached hydrogens (tertiary/aromatic N) is 1. The van der Waals surface area contributed by atoms with Gasteiger partial charge >= 0.3 is 5.97 Å². The second-order valence-corrected chi connectivity index (χ2v) is 10.6. The summed E-state index contributed by atoms with van der Waals surface area (Å²) in [7, 11) is -1.30. The van der Waals surface area contributed by atoms with Crippen LogP contribution < -0.4 is 9.46 Å². The predicted octanol–water partition coefficient (Wildman–Crippen LogP) is 5.61. The van der Waals surface area contributed by atoms with Gasteiger partial charge in [-0.3, -0.25) is 4.72 Å². The van der Waals surface area contributed by atoms with Crippen molar-refractivity contribution in [3.8, 4) is 16.3 Å². The number of hydrogen-bond acceptors (Lipinski definition) is 7. The average Bonchev–Trinajstić information content (AvgIpc) is 3.35. The number of esters is 1. The third kappa shape index (κ3) is 5.15. The maximum atomic E-state index is 13.0. The van der Waals surface area contributed by atoms with Gasteiger partial charge in [-0.2, -0.15) is 8.42 Å². The van der Waals surface area contributed by atoms with Gasteiger partial charge in [0.05, 0.1) is 25.5 Å². The predicted molar refractivity (Wildman–Crippen MR) is 134 cm³/mol. The van der Waals surface area contributed by atoms with Crippen molar-refractivity contribution in [2.45, 2.75) is 31.2 Å². The molecule has 1 atom stereocenters. The molecule has 7 nitrogen and oxygen atoms in total. The Morgan fingerprint density at radius 2 is 1.85 bits per heavy atom. The molecule has 1 aliphatic rings. The minimum absolute atomic E-state index is 0.0838. The molecule has 1 N–H and O–H groups in total. The van der Waals surface area contributed by atoms with Crippen LogP contribution in [-0.2, 0) is 14.8 Å². The molecule has 2 aromatic carbocycles. The van der Waals surface area contributed by atoms with Crippen molar-refractivity contribution in [1.82, 2.24) is 4.98 Å². The Balaban J connectivity index is 1.54. The summed E-state index contributed by atoms with van der Waals surface area (Å²) in [6.07, 6.45) is 5.85. The largest absolute Gasteiger partial charge is 0.495 e. The number of carbonyl (C=O) groups is 1. The van der Waals surface area contributed by atoms with E-state index >= 15 is 0 Å². The number of benzene rings is 2. The van der Waals surface area contributed by atoms with Gasteiger partial charge in [-0.05, 0) is 54.5 Å². The number of nitrogens with one attached hydrogen (secondary N) is 1. The first-order chi connectivity index (χ1) is 16.3. The van der Waals surface area contributed by atoms with E-state index < -0.39 is 16.0 Å². The summed E-state index contributed by atoms with van der Waals surface area (Å²) in [5, 5.41) is 2.04. The van der Waals surface area contributed by atoms with E-state index in [1.54, 1.807) is 0 Å². The number of hydrogen-bond donors (Lipinski definition) is 1. The Kier molecular flexibility index (Phi) is 7.04. The lowest BCUT2D eigenvalue weighted by molar-refractivity contribution is 0.0600. The van der Waals surface area contributed by atoms with Crippen LogP contribution in [0.1, 0.15) is 42.1 Å². The third-order valence-corrected chi connectivity index (χ3v) is 8.01. The summed E-state index contributed by atoms with van der Waals surface area (Å²) in [4.78, 5) is 16.1. The van der Waals surface area contributed by atoms with Crippen molar-refractivity contribution < 1.29 is 22.7 Å². The summed E-state index contributed by atoms with van der Waals surface area (Å²) >= 11 is 1.26. The smallest absolute Gasteiger partial charge is 0.337 e. The molecule has 1 heterocycles. The van der Waals surface area contributed by atoms with Gasteiger partial charge in [0, 0.05) is 10.9 Å². The summed E-state index contributed by atoms with van der Waals surface area (Å²) < 4.78 is 38.3. The molecule has 1 aliphatic carbocycles. The summed E-state index contributed by atoms with van der Waals surface area (Å²) in [6.45, 7) is 2.24. The van der Waals surface area contributed by atoms with Crippen molar-refractivity contribution in [3.05, 3.63) is 65.0 Å². The SMILES string of the molecule is COC(=O)c1ccc(NS(=O)(=O)c2csc(-c3ccc(C4=CC(C)CCC4)cc3)n2)c(OC)c1. The van der Waals surface area contributed by atoms with Crippen LogP contribution in [0, 0.1) is 5.92 Å². The Bertz CT molecular complexity index is 1330. The van der Waals surface area contributed by atoms with Crippen molar-refractivity contribution in [2.24, 2.45) is 5.92 Å². The van der Waals surface area contributed by atoms with Crippen LogP contribution in [0.15, 0.2) is 58.9 Å². The molecule has 1 unspecified atom stereocenters. The molecule has 9 heteroatoms. The quantitative estimate of drug-likeness (QED) is 0.426. The van der Waals surface area contributed by atoms with Crippen LogP contribution in [0.4, 0.5) is 5.69 Å². The fourth-order valence-corrected chi connectivity index (χ4v) is 6.10. The second kappa shape index (κ2) is 9.99. The Morgan fingerprint density at radius 1 is 1.12 bits per heavy atom. The Hall–Kier alpha value is -3.17. The van der Waals surface area contributed by atoms with Crippen molar-refractivity contribution in [1.29, 1.82) is 0 Å². The van der Waals surface area contributed by atoms with Crippen LogP contribution in [-0.4, -0.2) is 33.6 Å². The molecule has 0 saturated carbocycles. The highest BCUT2D eigenvalue weighted by atomic mass is 32.2. The highest BCUT2D eigenvalue weighted by molar-refractivity contribution is 7.92. The number of thiazole rings is 1. The zero-order valence-electron chi connectivity index (χ0n) is 19.2. The number of aromatic nitrogens is 1. The van der Waals surface area contributed by atoms with Crippen molar-refractivity contribution in [3.63, 3.8) is 0 Å². The maximum absolute atomic E-state index is 13.0. The first-order valence-electron chi connectivity index (χ1n) is 10.9. The number of rotatable bonds is 7. The number of sulfonamides is 1. The average molecular weight is 499 g/mol. The zero-order valence-corrected chi connectivity index (χ0v) is 20.8. The molecule has 34 heavy (non-hydrogen) atoms. The maximum Gasteiger partial charge on any atom is 0.337 e. The van der Waals surface area contributed by atoms with Crippen LogP contribution in [0.2, 0.25) is 0 Å². The first-order valence-corrected chi connectivity index (χ1v) is 13.2. The number of ether oxygens (including phenoxy) is 2. The molecule has 0 spiro atoms. The van der Waals surface area contributed by atoms with E-state index in [9.17, 15) is 13.2 Å². The number of carbonyl (C=O) groups excluding carboxylic acids is 1. The molecule has 0 aliphatic heterocycles. The molecule has 4 rings (SSSR count). The van der Waals surface area contributed by atoms with E-state index in [-0.39, 0.29) is 22.0 Å². The Morgan fingerprint density at radius 3 is 2.53 bits per heavy atom.